The van der Waals surface area contributed by atoms with Crippen LogP contribution in [0.4, 0.5) is 0 Å². The second kappa shape index (κ2) is 8.17. The number of hydrogen-bond acceptors (Lipinski definition) is 3. The molecule has 0 saturated heterocycles. The molecule has 18 heavy (non-hydrogen) atoms. The summed E-state index contributed by atoms with van der Waals surface area (Å²) >= 11 is 0. The smallest absolute Gasteiger partial charge is 0.338 e. The minimum atomic E-state index is -0.443. The molecule has 0 bridgehead atoms. The zero-order valence-corrected chi connectivity index (χ0v) is 11.7. The Morgan fingerprint density at radius 1 is 1.06 bits per heavy atom. The summed E-state index contributed by atoms with van der Waals surface area (Å²) in [5.74, 6) is -0.189. The predicted octanol–water partition coefficient (Wildman–Crippen LogP) is 4.27. The topological polar surface area (TPSA) is 46.5 Å². The van der Waals surface area contributed by atoms with Crippen LogP contribution in [0.3, 0.4) is 0 Å². The molecule has 3 nitrogen and oxygen atoms in total. The molecule has 1 aliphatic rings. The number of unbranched alkanes of at least 4 members (excludes halogenated alkanes) is 7. The summed E-state index contributed by atoms with van der Waals surface area (Å²) in [6, 6.07) is 0. The van der Waals surface area contributed by atoms with E-state index in [1.54, 1.807) is 6.92 Å². The number of carbonyl (C=O) groups is 1. The molecule has 1 N–H and O–H groups in total. The van der Waals surface area contributed by atoms with E-state index in [-0.39, 0.29) is 11.7 Å². The van der Waals surface area contributed by atoms with E-state index in [0.717, 1.165) is 12.8 Å². The first-order chi connectivity index (χ1) is 8.66. The maximum absolute atomic E-state index is 11.4. The first-order valence-electron chi connectivity index (χ1n) is 7.29. The maximum Gasteiger partial charge on any atom is 0.338 e. The van der Waals surface area contributed by atoms with E-state index in [2.05, 4.69) is 6.92 Å². The summed E-state index contributed by atoms with van der Waals surface area (Å²) in [5, 5.41) is 9.66. The molecule has 0 fully saturated rings. The lowest BCUT2D eigenvalue weighted by atomic mass is 10.0. The zero-order valence-electron chi connectivity index (χ0n) is 11.7. The molecule has 1 atom stereocenters. The van der Waals surface area contributed by atoms with E-state index in [1.807, 2.05) is 0 Å². The molecule has 104 valence electrons. The number of cyclic esters (lactones) is 1. The van der Waals surface area contributed by atoms with Crippen LogP contribution in [0.2, 0.25) is 0 Å². The molecule has 1 heterocycles. The van der Waals surface area contributed by atoms with Crippen LogP contribution < -0.4 is 0 Å². The van der Waals surface area contributed by atoms with Crippen LogP contribution in [-0.4, -0.2) is 17.2 Å². The van der Waals surface area contributed by atoms with Gasteiger partial charge in [0.15, 0.2) is 6.10 Å². The van der Waals surface area contributed by atoms with Crippen molar-refractivity contribution in [3.05, 3.63) is 11.3 Å². The molecule has 0 saturated carbocycles. The molecule has 0 radical (unpaired) electrons. The highest BCUT2D eigenvalue weighted by Gasteiger charge is 2.30. The lowest BCUT2D eigenvalue weighted by Gasteiger charge is -2.02. The van der Waals surface area contributed by atoms with Gasteiger partial charge in [-0.25, -0.2) is 4.79 Å². The van der Waals surface area contributed by atoms with Gasteiger partial charge < -0.3 is 9.84 Å². The average molecular weight is 254 g/mol. The molecule has 0 aromatic rings. The summed E-state index contributed by atoms with van der Waals surface area (Å²) < 4.78 is 4.95. The monoisotopic (exact) mass is 254 g/mol. The fourth-order valence-corrected chi connectivity index (χ4v) is 2.30. The summed E-state index contributed by atoms with van der Waals surface area (Å²) in [7, 11) is 0. The lowest BCUT2D eigenvalue weighted by molar-refractivity contribution is -0.139. The number of ether oxygens (including phenoxy) is 1. The van der Waals surface area contributed by atoms with E-state index in [0.29, 0.717) is 12.0 Å². The summed E-state index contributed by atoms with van der Waals surface area (Å²) in [4.78, 5) is 11.4. The van der Waals surface area contributed by atoms with Gasteiger partial charge in [-0.05, 0) is 19.8 Å². The maximum atomic E-state index is 11.4. The first-order valence-corrected chi connectivity index (χ1v) is 7.29. The highest BCUT2D eigenvalue weighted by atomic mass is 16.6. The Kier molecular flexibility index (Phi) is 6.84. The van der Waals surface area contributed by atoms with E-state index >= 15 is 0 Å². The van der Waals surface area contributed by atoms with Gasteiger partial charge in [0.1, 0.15) is 5.76 Å². The standard InChI is InChI=1S/C15H26O3/c1-3-4-5-6-7-8-9-10-11-13-14(16)12(2)18-15(13)17/h12,16H,3-11H2,1-2H3/t12-/m1/s1. The zero-order chi connectivity index (χ0) is 13.4. The van der Waals surface area contributed by atoms with Crippen LogP contribution in [0.5, 0.6) is 0 Å². The van der Waals surface area contributed by atoms with Crippen molar-refractivity contribution in [2.24, 2.45) is 0 Å². The minimum Gasteiger partial charge on any atom is -0.508 e. The molecule has 0 aromatic carbocycles. The second-order valence-electron chi connectivity index (χ2n) is 5.14. The van der Waals surface area contributed by atoms with Crippen molar-refractivity contribution >= 4 is 5.97 Å². The van der Waals surface area contributed by atoms with Crippen molar-refractivity contribution in [2.45, 2.75) is 77.7 Å². The van der Waals surface area contributed by atoms with Crippen LogP contribution in [0.1, 0.15) is 71.6 Å². The van der Waals surface area contributed by atoms with Crippen molar-refractivity contribution in [3.8, 4) is 0 Å². The highest BCUT2D eigenvalue weighted by Crippen LogP contribution is 2.24. The number of esters is 1. The quantitative estimate of drug-likeness (QED) is 0.493. The number of hydrogen-bond donors (Lipinski definition) is 1. The molecular weight excluding hydrogens is 228 g/mol. The number of rotatable bonds is 9. The molecule has 3 heteroatoms. The fourth-order valence-electron chi connectivity index (χ4n) is 2.30. The van der Waals surface area contributed by atoms with Gasteiger partial charge in [0.05, 0.1) is 5.57 Å². The van der Waals surface area contributed by atoms with Crippen LogP contribution >= 0.6 is 0 Å². The van der Waals surface area contributed by atoms with E-state index in [9.17, 15) is 9.90 Å². The average Bonchev–Trinajstić information content (AvgIpc) is 2.58. The van der Waals surface area contributed by atoms with Crippen molar-refractivity contribution in [3.63, 3.8) is 0 Å². The third-order valence-corrected chi connectivity index (χ3v) is 3.50. The Hall–Kier alpha value is -0.990. The largest absolute Gasteiger partial charge is 0.508 e. The van der Waals surface area contributed by atoms with Gasteiger partial charge >= 0.3 is 5.97 Å². The van der Waals surface area contributed by atoms with Gasteiger partial charge in [-0.2, -0.15) is 0 Å². The molecule has 0 aromatic heterocycles. The second-order valence-corrected chi connectivity index (χ2v) is 5.14. The molecular formula is C15H26O3. The van der Waals surface area contributed by atoms with Crippen LogP contribution in [0, 0.1) is 0 Å². The third kappa shape index (κ3) is 4.71. The normalized spacial score (nSPS) is 19.4. The summed E-state index contributed by atoms with van der Waals surface area (Å²) in [6.45, 7) is 3.93. The molecule has 0 amide bonds. The van der Waals surface area contributed by atoms with E-state index in [1.165, 1.54) is 38.5 Å². The Morgan fingerprint density at radius 3 is 2.11 bits per heavy atom. The van der Waals surface area contributed by atoms with Crippen molar-refractivity contribution in [1.82, 2.24) is 0 Å². The van der Waals surface area contributed by atoms with Gasteiger partial charge in [0.2, 0.25) is 0 Å². The van der Waals surface area contributed by atoms with Crippen LogP contribution in [0.25, 0.3) is 0 Å². The van der Waals surface area contributed by atoms with Crippen molar-refractivity contribution < 1.29 is 14.6 Å². The SMILES string of the molecule is CCCCCCCCCCC1=C(O)[C@@H](C)OC1=O. The van der Waals surface area contributed by atoms with Gasteiger partial charge in [-0.3, -0.25) is 0 Å². The van der Waals surface area contributed by atoms with Gasteiger partial charge in [0.25, 0.3) is 0 Å². The molecule has 0 spiro atoms. The van der Waals surface area contributed by atoms with E-state index in [4.69, 9.17) is 4.74 Å². The fraction of sp³-hybridized carbons (Fsp3) is 0.800. The summed E-state index contributed by atoms with van der Waals surface area (Å²) in [6.07, 6.45) is 10.1. The Morgan fingerprint density at radius 2 is 1.61 bits per heavy atom. The number of aliphatic hydroxyl groups is 1. The first kappa shape index (κ1) is 15.1. The summed E-state index contributed by atoms with van der Waals surface area (Å²) in [5.41, 5.74) is 0.494. The Labute approximate surface area is 110 Å². The van der Waals surface area contributed by atoms with Crippen molar-refractivity contribution in [2.75, 3.05) is 0 Å². The van der Waals surface area contributed by atoms with Gasteiger partial charge in [-0.15, -0.1) is 0 Å². The van der Waals surface area contributed by atoms with Crippen LogP contribution in [-0.2, 0) is 9.53 Å². The van der Waals surface area contributed by atoms with Gasteiger partial charge in [0, 0.05) is 0 Å². The van der Waals surface area contributed by atoms with Crippen LogP contribution in [0.15, 0.2) is 11.3 Å². The lowest BCUT2D eigenvalue weighted by Crippen LogP contribution is -2.05. The molecule has 0 unspecified atom stereocenters. The van der Waals surface area contributed by atoms with E-state index < -0.39 is 6.10 Å². The van der Waals surface area contributed by atoms with Crippen molar-refractivity contribution in [1.29, 1.82) is 0 Å². The number of aliphatic hydroxyl groups excluding tert-OH is 1. The predicted molar refractivity (Wildman–Crippen MR) is 72.4 cm³/mol. The highest BCUT2D eigenvalue weighted by molar-refractivity contribution is 5.91. The molecule has 0 aliphatic carbocycles. The number of carbonyl (C=O) groups excluding carboxylic acids is 1. The molecule has 1 rings (SSSR count). The minimum absolute atomic E-state index is 0.142. The Balaban J connectivity index is 2.06. The third-order valence-electron chi connectivity index (χ3n) is 3.50. The molecule has 1 aliphatic heterocycles. The van der Waals surface area contributed by atoms with Gasteiger partial charge in [-0.1, -0.05) is 51.9 Å². The Bertz CT molecular complexity index is 294.